The molecule has 112 valence electrons. The summed E-state index contributed by atoms with van der Waals surface area (Å²) in [5, 5.41) is 0. The Labute approximate surface area is 127 Å². The molecule has 0 bridgehead atoms. The van der Waals surface area contributed by atoms with E-state index in [1.54, 1.807) is 6.92 Å². The van der Waals surface area contributed by atoms with Gasteiger partial charge < -0.3 is 26.8 Å². The first-order chi connectivity index (χ1) is 8.24. The molecule has 17 heavy (non-hydrogen) atoms. The maximum atomic E-state index is 7.94. The van der Waals surface area contributed by atoms with Crippen molar-refractivity contribution in [2.24, 2.45) is 0 Å². The van der Waals surface area contributed by atoms with Gasteiger partial charge in [0.1, 0.15) is 0 Å². The molecule has 0 saturated carbocycles. The summed E-state index contributed by atoms with van der Waals surface area (Å²) in [5.74, 6) is 0. The first-order valence-electron chi connectivity index (χ1n) is 5.33. The SMILES string of the molecule is C=[C-]C.[CH2-]CCC[CH2-].[CH2-]CC[SiH2]C.[O]=[Co].[O]=[Co]. The van der Waals surface area contributed by atoms with Crippen molar-refractivity contribution < 1.29 is 39.1 Å². The van der Waals surface area contributed by atoms with E-state index in [-0.39, 0.29) is 0 Å². The Morgan fingerprint density at radius 3 is 1.35 bits per heavy atom. The third kappa shape index (κ3) is 168. The molecule has 0 aromatic rings. The third-order valence-electron chi connectivity index (χ3n) is 1.10. The molecule has 0 aliphatic heterocycles. The van der Waals surface area contributed by atoms with E-state index in [2.05, 4.69) is 71.3 Å². The minimum absolute atomic E-state index is 0.351. The van der Waals surface area contributed by atoms with E-state index in [0.29, 0.717) is 9.52 Å². The molecule has 0 unspecified atom stereocenters. The summed E-state index contributed by atoms with van der Waals surface area (Å²) in [7, 11) is 0.351. The van der Waals surface area contributed by atoms with Gasteiger partial charge in [-0.25, -0.2) is 0 Å². The fraction of sp³-hybridized carbons (Fsp3) is 0.583. The number of rotatable bonds is 4. The van der Waals surface area contributed by atoms with Gasteiger partial charge in [-0.3, -0.25) is 6.58 Å². The summed E-state index contributed by atoms with van der Waals surface area (Å²) in [6.45, 7) is 18.3. The molecule has 0 aromatic heterocycles. The maximum absolute atomic E-state index is 7.94. The van der Waals surface area contributed by atoms with Gasteiger partial charge in [0.05, 0.1) is 0 Å². The Hall–Kier alpha value is 0.570. The zero-order chi connectivity index (χ0) is 14.9. The fourth-order valence-corrected chi connectivity index (χ4v) is 0.927. The first kappa shape index (κ1) is 30.5. The van der Waals surface area contributed by atoms with Crippen LogP contribution in [-0.4, -0.2) is 9.52 Å². The summed E-state index contributed by atoms with van der Waals surface area (Å²) in [6, 6.07) is 1.42. The zero-order valence-corrected chi connectivity index (χ0v) is 14.6. The molecule has 0 radical (unpaired) electrons. The van der Waals surface area contributed by atoms with Gasteiger partial charge >= 0.3 is 39.1 Å². The van der Waals surface area contributed by atoms with Gasteiger partial charge in [-0.2, -0.15) is 26.2 Å². The second kappa shape index (κ2) is 70.1. The first-order valence-corrected chi connectivity index (χ1v) is 8.60. The monoisotopic (exact) mass is 348 g/mol. The fourth-order valence-electron chi connectivity index (χ4n) is 0.427. The molecule has 0 atom stereocenters. The van der Waals surface area contributed by atoms with Crippen LogP contribution in [0.1, 0.15) is 32.6 Å². The van der Waals surface area contributed by atoms with E-state index >= 15 is 0 Å². The number of allylic oxidation sites excluding steroid dienone is 1. The second-order valence-electron chi connectivity index (χ2n) is 2.62. The molecule has 0 amide bonds. The van der Waals surface area contributed by atoms with Crippen LogP contribution in [0.2, 0.25) is 12.6 Å². The molecule has 2 nitrogen and oxygen atoms in total. The van der Waals surface area contributed by atoms with Crippen LogP contribution in [0.3, 0.4) is 0 Å². The Kier molecular flexibility index (Phi) is 126. The van der Waals surface area contributed by atoms with E-state index in [0.717, 1.165) is 19.3 Å². The van der Waals surface area contributed by atoms with Crippen LogP contribution in [0.15, 0.2) is 6.58 Å². The van der Waals surface area contributed by atoms with Crippen molar-refractivity contribution in [1.29, 1.82) is 0 Å². The van der Waals surface area contributed by atoms with Crippen LogP contribution in [0.5, 0.6) is 0 Å². The van der Waals surface area contributed by atoms with Crippen LogP contribution >= 0.6 is 0 Å². The second-order valence-corrected chi connectivity index (χ2v) is 4.33. The standard InChI is InChI=1S/C5H10.C4H11Si.C3H5.2Co.2O/c1-3-5-4-2;1-3-4-5-2;1-3-2;;;;/h1-5H2;1,3-5H2,2H3;1H2,2H3;;;;/q-2;2*-1;;;;. The molecular weight excluding hydrogens is 322 g/mol. The van der Waals surface area contributed by atoms with Crippen molar-refractivity contribution in [3.8, 4) is 0 Å². The van der Waals surface area contributed by atoms with Crippen LogP contribution in [-0.2, 0) is 39.1 Å². The quantitative estimate of drug-likeness (QED) is 0.576. The molecule has 5 heteroatoms. The van der Waals surface area contributed by atoms with Crippen molar-refractivity contribution in [2.45, 2.75) is 45.2 Å². The molecule has 0 fully saturated rings. The van der Waals surface area contributed by atoms with Gasteiger partial charge in [0.15, 0.2) is 0 Å². The summed E-state index contributed by atoms with van der Waals surface area (Å²) >= 11 is 4.62. The van der Waals surface area contributed by atoms with Gasteiger partial charge in [-0.1, -0.05) is 12.6 Å². The number of hydrogen-bond donors (Lipinski definition) is 0. The van der Waals surface area contributed by atoms with Crippen LogP contribution in [0.4, 0.5) is 0 Å². The van der Waals surface area contributed by atoms with Crippen molar-refractivity contribution in [3.05, 3.63) is 33.4 Å². The minimum atomic E-state index is 0.351. The van der Waals surface area contributed by atoms with Crippen molar-refractivity contribution >= 4 is 9.52 Å². The van der Waals surface area contributed by atoms with Crippen molar-refractivity contribution in [3.63, 3.8) is 0 Å². The molecule has 0 heterocycles. The summed E-state index contributed by atoms with van der Waals surface area (Å²) in [6.07, 6.45) is 6.88. The molecule has 0 aliphatic rings. The number of unbranched alkanes of at least 4 members (excludes halogenated alkanes) is 2. The predicted molar refractivity (Wildman–Crippen MR) is 69.7 cm³/mol. The molecule has 0 spiro atoms. The molecular formula is C12H26Co2O2Si-4. The average molecular weight is 348 g/mol. The predicted octanol–water partition coefficient (Wildman–Crippen LogP) is 3.42. The topological polar surface area (TPSA) is 34.1 Å². The van der Waals surface area contributed by atoms with E-state index in [1.165, 1.54) is 12.5 Å². The van der Waals surface area contributed by atoms with E-state index in [9.17, 15) is 0 Å². The summed E-state index contributed by atoms with van der Waals surface area (Å²) < 4.78 is 15.9. The molecule has 0 rings (SSSR count). The average Bonchev–Trinajstić information content (AvgIpc) is 2.38. The van der Waals surface area contributed by atoms with Gasteiger partial charge in [-0.05, 0) is 0 Å². The Morgan fingerprint density at radius 2 is 1.35 bits per heavy atom. The van der Waals surface area contributed by atoms with Gasteiger partial charge in [-0.15, -0.1) is 6.42 Å². The normalized spacial score (nSPS) is 7.00. The van der Waals surface area contributed by atoms with Crippen LogP contribution in [0.25, 0.3) is 0 Å². The Morgan fingerprint density at radius 1 is 1.06 bits per heavy atom. The van der Waals surface area contributed by atoms with Gasteiger partial charge in [0, 0.05) is 9.52 Å². The summed E-state index contributed by atoms with van der Waals surface area (Å²) in [4.78, 5) is 0. The third-order valence-corrected chi connectivity index (χ3v) is 2.31. The van der Waals surface area contributed by atoms with E-state index in [4.69, 9.17) is 7.73 Å². The molecule has 0 saturated heterocycles. The van der Waals surface area contributed by atoms with Crippen LogP contribution < -0.4 is 0 Å². The summed E-state index contributed by atoms with van der Waals surface area (Å²) in [5.41, 5.74) is 0. The van der Waals surface area contributed by atoms with Crippen molar-refractivity contribution in [1.82, 2.24) is 0 Å². The van der Waals surface area contributed by atoms with Crippen LogP contribution in [0, 0.1) is 26.8 Å². The van der Waals surface area contributed by atoms with E-state index < -0.39 is 0 Å². The van der Waals surface area contributed by atoms with Gasteiger partial charge in [0.25, 0.3) is 0 Å². The molecule has 0 aromatic carbocycles. The zero-order valence-electron chi connectivity index (χ0n) is 11.1. The Balaban J connectivity index is -0.0000000377. The van der Waals surface area contributed by atoms with E-state index in [1.807, 2.05) is 0 Å². The number of hydrogen-bond acceptors (Lipinski definition) is 2. The molecule has 0 aliphatic carbocycles. The molecule has 0 N–H and O–H groups in total. The van der Waals surface area contributed by atoms with Gasteiger partial charge in [0.2, 0.25) is 0 Å². The van der Waals surface area contributed by atoms with Crippen molar-refractivity contribution in [2.75, 3.05) is 0 Å². The Bertz CT molecular complexity index is 84.6.